The number of hydrogen-bond donors (Lipinski definition) is 1. The molecule has 1 aromatic heterocycles. The summed E-state index contributed by atoms with van der Waals surface area (Å²) in [7, 11) is 0. The van der Waals surface area contributed by atoms with Crippen LogP contribution >= 0.6 is 0 Å². The summed E-state index contributed by atoms with van der Waals surface area (Å²) >= 11 is 0. The van der Waals surface area contributed by atoms with Crippen molar-refractivity contribution in [1.29, 1.82) is 0 Å². The van der Waals surface area contributed by atoms with Crippen LogP contribution in [0.1, 0.15) is 12.1 Å². The minimum absolute atomic E-state index is 0.113. The Hall–Kier alpha value is -2.17. The number of aromatic amines is 1. The Labute approximate surface area is 121 Å². The van der Waals surface area contributed by atoms with Crippen molar-refractivity contribution in [3.05, 3.63) is 36.2 Å². The lowest BCUT2D eigenvalue weighted by Gasteiger charge is -2.37. The van der Waals surface area contributed by atoms with Gasteiger partial charge in [0.15, 0.2) is 0 Å². The van der Waals surface area contributed by atoms with E-state index in [-0.39, 0.29) is 35.5 Å². The van der Waals surface area contributed by atoms with Crippen molar-refractivity contribution in [3.63, 3.8) is 0 Å². The first-order valence-corrected chi connectivity index (χ1v) is 7.49. The second-order valence-corrected chi connectivity index (χ2v) is 6.51. The molecule has 106 valence electrons. The Kier molecular flexibility index (Phi) is 2.04. The number of nitrogens with one attached hydrogen (secondary N) is 1. The van der Waals surface area contributed by atoms with Crippen molar-refractivity contribution >= 4 is 18.0 Å². The summed E-state index contributed by atoms with van der Waals surface area (Å²) in [6.45, 7) is 0. The van der Waals surface area contributed by atoms with Crippen molar-refractivity contribution in [2.45, 2.75) is 6.42 Å². The lowest BCUT2D eigenvalue weighted by Crippen LogP contribution is -2.40. The summed E-state index contributed by atoms with van der Waals surface area (Å²) < 4.78 is 0. The van der Waals surface area contributed by atoms with E-state index in [1.165, 1.54) is 6.42 Å². The Morgan fingerprint density at radius 3 is 2.38 bits per heavy atom. The van der Waals surface area contributed by atoms with Crippen LogP contribution in [0.2, 0.25) is 0 Å². The van der Waals surface area contributed by atoms with Gasteiger partial charge in [0, 0.05) is 6.20 Å². The number of aromatic nitrogens is 1. The number of carbonyl (C=O) groups is 2. The van der Waals surface area contributed by atoms with Gasteiger partial charge in [0.05, 0.1) is 23.7 Å². The summed E-state index contributed by atoms with van der Waals surface area (Å²) in [6.07, 6.45) is 8.85. The van der Waals surface area contributed by atoms with Crippen LogP contribution in [-0.2, 0) is 9.59 Å². The molecule has 2 heterocycles. The molecule has 1 N–H and O–H groups in total. The van der Waals surface area contributed by atoms with E-state index in [0.29, 0.717) is 11.8 Å². The SMILES string of the molecule is O=C1C2C3C=CC(C4CC34)C2C(=O)N1/N=C/c1ccc[nH]1. The van der Waals surface area contributed by atoms with Crippen LogP contribution in [0.15, 0.2) is 35.6 Å². The maximum Gasteiger partial charge on any atom is 0.254 e. The zero-order valence-electron chi connectivity index (χ0n) is 11.3. The van der Waals surface area contributed by atoms with Crippen LogP contribution in [-0.4, -0.2) is 28.0 Å². The van der Waals surface area contributed by atoms with Gasteiger partial charge in [0.25, 0.3) is 11.8 Å². The number of imide groups is 1. The smallest absolute Gasteiger partial charge is 0.254 e. The van der Waals surface area contributed by atoms with E-state index in [1.807, 2.05) is 12.1 Å². The van der Waals surface area contributed by atoms with Crippen LogP contribution in [0, 0.1) is 35.5 Å². The molecule has 2 saturated carbocycles. The molecule has 5 aliphatic rings. The highest BCUT2D eigenvalue weighted by Gasteiger charge is 2.67. The van der Waals surface area contributed by atoms with E-state index >= 15 is 0 Å². The monoisotopic (exact) mass is 281 g/mol. The van der Waals surface area contributed by atoms with Gasteiger partial charge in [-0.2, -0.15) is 10.1 Å². The molecule has 4 aliphatic carbocycles. The van der Waals surface area contributed by atoms with Crippen LogP contribution < -0.4 is 0 Å². The molecule has 1 saturated heterocycles. The first-order chi connectivity index (χ1) is 10.3. The molecule has 3 fully saturated rings. The van der Waals surface area contributed by atoms with E-state index in [1.54, 1.807) is 12.4 Å². The molecule has 6 unspecified atom stereocenters. The largest absolute Gasteiger partial charge is 0.360 e. The van der Waals surface area contributed by atoms with E-state index in [0.717, 1.165) is 10.7 Å². The molecule has 2 bridgehead atoms. The molecular weight excluding hydrogens is 266 g/mol. The van der Waals surface area contributed by atoms with Crippen molar-refractivity contribution in [1.82, 2.24) is 9.99 Å². The molecule has 0 radical (unpaired) electrons. The third kappa shape index (κ3) is 1.38. The van der Waals surface area contributed by atoms with E-state index < -0.39 is 0 Å². The van der Waals surface area contributed by atoms with Crippen LogP contribution in [0.3, 0.4) is 0 Å². The normalized spacial score (nSPS) is 42.8. The minimum atomic E-state index is -0.169. The molecule has 21 heavy (non-hydrogen) atoms. The topological polar surface area (TPSA) is 65.5 Å². The van der Waals surface area contributed by atoms with Gasteiger partial charge < -0.3 is 4.98 Å². The summed E-state index contributed by atoms with van der Waals surface area (Å²) in [4.78, 5) is 28.2. The zero-order chi connectivity index (χ0) is 14.1. The van der Waals surface area contributed by atoms with Crippen molar-refractivity contribution < 1.29 is 9.59 Å². The molecule has 5 heteroatoms. The lowest BCUT2D eigenvalue weighted by molar-refractivity contribution is -0.140. The maximum absolute atomic E-state index is 12.6. The van der Waals surface area contributed by atoms with Gasteiger partial charge >= 0.3 is 0 Å². The molecule has 5 nitrogen and oxygen atoms in total. The zero-order valence-corrected chi connectivity index (χ0v) is 11.3. The third-order valence-corrected chi connectivity index (χ3v) is 5.57. The molecule has 1 aliphatic heterocycles. The number of amides is 2. The predicted octanol–water partition coefficient (Wildman–Crippen LogP) is 1.40. The number of rotatable bonds is 2. The summed E-state index contributed by atoms with van der Waals surface area (Å²) in [5, 5.41) is 5.24. The van der Waals surface area contributed by atoms with Gasteiger partial charge in [0.1, 0.15) is 0 Å². The van der Waals surface area contributed by atoms with Crippen molar-refractivity contribution in [2.24, 2.45) is 40.6 Å². The lowest BCUT2D eigenvalue weighted by atomic mass is 9.63. The summed E-state index contributed by atoms with van der Waals surface area (Å²) in [5.74, 6) is 1.21. The van der Waals surface area contributed by atoms with Crippen LogP contribution in [0.25, 0.3) is 0 Å². The fourth-order valence-electron chi connectivity index (χ4n) is 4.60. The minimum Gasteiger partial charge on any atom is -0.360 e. The average molecular weight is 281 g/mol. The highest BCUT2D eigenvalue weighted by atomic mass is 16.2. The standard InChI is InChI=1S/C16H15N3O2/c20-15-13-9-3-4-10(12-6-11(9)12)14(13)16(21)19(15)18-7-8-2-1-5-17-8/h1-5,7,9-14,17H,6H2/b18-7+. The van der Waals surface area contributed by atoms with E-state index in [2.05, 4.69) is 22.2 Å². The summed E-state index contributed by atoms with van der Waals surface area (Å²) in [5.41, 5.74) is 0.786. The molecule has 1 aromatic rings. The number of allylic oxidation sites excluding steroid dienone is 2. The first kappa shape index (κ1) is 11.5. The van der Waals surface area contributed by atoms with Crippen molar-refractivity contribution in [3.8, 4) is 0 Å². The van der Waals surface area contributed by atoms with Crippen LogP contribution in [0.4, 0.5) is 0 Å². The highest BCUT2D eigenvalue weighted by molar-refractivity contribution is 6.06. The second kappa shape index (κ2) is 3.72. The molecule has 6 rings (SSSR count). The number of carbonyl (C=O) groups excluding carboxylic acids is 2. The predicted molar refractivity (Wildman–Crippen MR) is 74.9 cm³/mol. The fraction of sp³-hybridized carbons (Fsp3) is 0.438. The maximum atomic E-state index is 12.6. The van der Waals surface area contributed by atoms with Gasteiger partial charge in [-0.3, -0.25) is 9.59 Å². The van der Waals surface area contributed by atoms with Crippen LogP contribution in [0.5, 0.6) is 0 Å². The van der Waals surface area contributed by atoms with Gasteiger partial charge in [0.2, 0.25) is 0 Å². The Balaban J connectivity index is 1.48. The molecule has 2 amide bonds. The molecule has 0 aromatic carbocycles. The highest BCUT2D eigenvalue weighted by Crippen LogP contribution is 2.65. The average Bonchev–Trinajstić information content (AvgIpc) is 3.10. The van der Waals surface area contributed by atoms with E-state index in [9.17, 15) is 9.59 Å². The number of hydrazone groups is 1. The van der Waals surface area contributed by atoms with Gasteiger partial charge in [-0.25, -0.2) is 0 Å². The van der Waals surface area contributed by atoms with E-state index in [4.69, 9.17) is 0 Å². The fourth-order valence-corrected chi connectivity index (χ4v) is 4.60. The molecular formula is C16H15N3O2. The number of H-pyrrole nitrogens is 1. The number of hydrogen-bond acceptors (Lipinski definition) is 3. The number of nitrogens with zero attached hydrogens (tertiary/aromatic N) is 2. The van der Waals surface area contributed by atoms with Gasteiger partial charge in [-0.05, 0) is 42.2 Å². The molecule has 0 spiro atoms. The second-order valence-electron chi connectivity index (χ2n) is 6.51. The van der Waals surface area contributed by atoms with Gasteiger partial charge in [-0.1, -0.05) is 12.2 Å². The van der Waals surface area contributed by atoms with Crippen molar-refractivity contribution in [2.75, 3.05) is 0 Å². The Bertz CT molecular complexity index is 654. The quantitative estimate of drug-likeness (QED) is 0.506. The first-order valence-electron chi connectivity index (χ1n) is 7.49. The third-order valence-electron chi connectivity index (χ3n) is 5.57. The van der Waals surface area contributed by atoms with Gasteiger partial charge in [-0.15, -0.1) is 0 Å². The Morgan fingerprint density at radius 1 is 1.14 bits per heavy atom. The summed E-state index contributed by atoms with van der Waals surface area (Å²) in [6, 6.07) is 3.70. The molecule has 6 atom stereocenters. The Morgan fingerprint density at radius 2 is 1.81 bits per heavy atom.